The number of aryl methyl sites for hydroxylation is 1. The highest BCUT2D eigenvalue weighted by Gasteiger charge is 2.11. The van der Waals surface area contributed by atoms with Crippen molar-refractivity contribution in [2.45, 2.75) is 20.0 Å². The number of imidazole rings is 1. The molecule has 0 unspecified atom stereocenters. The molecule has 4 rings (SSSR count). The van der Waals surface area contributed by atoms with Gasteiger partial charge in [0.15, 0.2) is 0 Å². The van der Waals surface area contributed by atoms with Crippen LogP contribution < -0.4 is 5.32 Å². The minimum atomic E-state index is -0.234. The van der Waals surface area contributed by atoms with Gasteiger partial charge < -0.3 is 9.72 Å². The van der Waals surface area contributed by atoms with Gasteiger partial charge in [-0.05, 0) is 24.6 Å². The molecule has 1 amide bonds. The van der Waals surface area contributed by atoms with E-state index in [0.717, 1.165) is 11.2 Å². The molecule has 0 spiro atoms. The van der Waals surface area contributed by atoms with Crippen molar-refractivity contribution in [3.8, 4) is 0 Å². The van der Waals surface area contributed by atoms with Crippen LogP contribution in [-0.2, 0) is 13.1 Å². The first-order valence-electron chi connectivity index (χ1n) is 8.34. The van der Waals surface area contributed by atoms with E-state index in [1.165, 1.54) is 5.56 Å². The van der Waals surface area contributed by atoms with Crippen molar-refractivity contribution in [1.82, 2.24) is 29.7 Å². The lowest BCUT2D eigenvalue weighted by atomic mass is 10.1. The first-order chi connectivity index (χ1) is 12.7. The minimum absolute atomic E-state index is 0.234. The number of carbonyl (C=O) groups excluding carboxylic acids is 1. The molecule has 26 heavy (non-hydrogen) atoms. The maximum Gasteiger partial charge on any atom is 0.271 e. The van der Waals surface area contributed by atoms with Crippen LogP contribution in [0.1, 0.15) is 27.3 Å². The predicted octanol–water partition coefficient (Wildman–Crippen LogP) is 2.21. The summed E-state index contributed by atoms with van der Waals surface area (Å²) in [5.41, 5.74) is 4.20. The molecule has 0 aliphatic carbocycles. The molecule has 7 nitrogen and oxygen atoms in total. The molecule has 4 aromatic rings. The van der Waals surface area contributed by atoms with Gasteiger partial charge in [-0.1, -0.05) is 41.1 Å². The fourth-order valence-electron chi connectivity index (χ4n) is 2.68. The molecule has 0 bridgehead atoms. The summed E-state index contributed by atoms with van der Waals surface area (Å²) in [5.74, 6) is -0.234. The van der Waals surface area contributed by atoms with Crippen molar-refractivity contribution in [2.75, 3.05) is 0 Å². The van der Waals surface area contributed by atoms with E-state index in [1.807, 2.05) is 35.0 Å². The molecule has 1 N–H and O–H groups in total. The molecule has 0 saturated heterocycles. The summed E-state index contributed by atoms with van der Waals surface area (Å²) in [7, 11) is 0. The third-order valence-electron chi connectivity index (χ3n) is 4.08. The molecule has 7 heteroatoms. The fraction of sp³-hybridized carbons (Fsp3) is 0.158. The largest absolute Gasteiger partial charge is 0.345 e. The van der Waals surface area contributed by atoms with Crippen molar-refractivity contribution in [3.05, 3.63) is 83.6 Å². The van der Waals surface area contributed by atoms with E-state index in [4.69, 9.17) is 0 Å². The average Bonchev–Trinajstić information content (AvgIpc) is 3.28. The number of nitrogens with one attached hydrogen (secondary N) is 1. The molecule has 0 aliphatic rings. The van der Waals surface area contributed by atoms with Gasteiger partial charge >= 0.3 is 0 Å². The van der Waals surface area contributed by atoms with Crippen LogP contribution in [0.15, 0.2) is 61.1 Å². The standard InChI is InChI=1S/C19H18N6O/c1-14-5-7-15(8-6-14)11-25-12-16(22-23-25)10-20-19(26)17-13-24-9-3-2-4-18(24)21-17/h2-9,12-13H,10-11H2,1H3,(H,20,26). The molecular weight excluding hydrogens is 328 g/mol. The maximum atomic E-state index is 12.3. The number of pyridine rings is 1. The molecule has 0 atom stereocenters. The van der Waals surface area contributed by atoms with E-state index in [-0.39, 0.29) is 5.91 Å². The van der Waals surface area contributed by atoms with Crippen LogP contribution in [0.25, 0.3) is 5.65 Å². The highest BCUT2D eigenvalue weighted by molar-refractivity contribution is 5.92. The van der Waals surface area contributed by atoms with Gasteiger partial charge in [0.2, 0.25) is 0 Å². The van der Waals surface area contributed by atoms with E-state index in [0.29, 0.717) is 24.5 Å². The summed E-state index contributed by atoms with van der Waals surface area (Å²) in [5, 5.41) is 11.1. The molecule has 0 aliphatic heterocycles. The van der Waals surface area contributed by atoms with Crippen LogP contribution >= 0.6 is 0 Å². The van der Waals surface area contributed by atoms with E-state index in [1.54, 1.807) is 10.9 Å². The first kappa shape index (κ1) is 16.0. The van der Waals surface area contributed by atoms with Crippen LogP contribution in [0.4, 0.5) is 0 Å². The van der Waals surface area contributed by atoms with Gasteiger partial charge in [0.05, 0.1) is 19.3 Å². The molecular formula is C19H18N6O. The second-order valence-electron chi connectivity index (χ2n) is 6.17. The molecule has 3 aromatic heterocycles. The van der Waals surface area contributed by atoms with Crippen molar-refractivity contribution in [1.29, 1.82) is 0 Å². The highest BCUT2D eigenvalue weighted by Crippen LogP contribution is 2.06. The topological polar surface area (TPSA) is 77.1 Å². The zero-order chi connectivity index (χ0) is 17.9. The molecule has 130 valence electrons. The number of benzene rings is 1. The van der Waals surface area contributed by atoms with Gasteiger partial charge in [0.1, 0.15) is 17.0 Å². The second-order valence-corrected chi connectivity index (χ2v) is 6.17. The maximum absolute atomic E-state index is 12.3. The van der Waals surface area contributed by atoms with Crippen LogP contribution in [-0.4, -0.2) is 30.3 Å². The number of nitrogens with zero attached hydrogens (tertiary/aromatic N) is 5. The smallest absolute Gasteiger partial charge is 0.271 e. The van der Waals surface area contributed by atoms with E-state index >= 15 is 0 Å². The summed E-state index contributed by atoms with van der Waals surface area (Å²) in [6.07, 6.45) is 5.40. The van der Waals surface area contributed by atoms with Crippen molar-refractivity contribution in [3.63, 3.8) is 0 Å². The Morgan fingerprint density at radius 1 is 1.12 bits per heavy atom. The van der Waals surface area contributed by atoms with Gasteiger partial charge in [-0.3, -0.25) is 4.79 Å². The zero-order valence-corrected chi connectivity index (χ0v) is 14.3. The summed E-state index contributed by atoms with van der Waals surface area (Å²) in [6, 6.07) is 13.9. The van der Waals surface area contributed by atoms with Crippen molar-refractivity contribution < 1.29 is 4.79 Å². The Bertz CT molecular complexity index is 1010. The van der Waals surface area contributed by atoms with Gasteiger partial charge in [0, 0.05) is 12.4 Å². The number of amides is 1. The number of aromatic nitrogens is 5. The van der Waals surface area contributed by atoms with Crippen LogP contribution in [0.3, 0.4) is 0 Å². The molecule has 0 radical (unpaired) electrons. The zero-order valence-electron chi connectivity index (χ0n) is 14.3. The van der Waals surface area contributed by atoms with Gasteiger partial charge in [-0.15, -0.1) is 5.10 Å². The molecule has 0 fully saturated rings. The first-order valence-corrected chi connectivity index (χ1v) is 8.34. The number of fused-ring (bicyclic) bond motifs is 1. The summed E-state index contributed by atoms with van der Waals surface area (Å²) in [4.78, 5) is 16.6. The lowest BCUT2D eigenvalue weighted by Crippen LogP contribution is -2.23. The monoisotopic (exact) mass is 346 g/mol. The van der Waals surface area contributed by atoms with E-state index in [9.17, 15) is 4.79 Å². The summed E-state index contributed by atoms with van der Waals surface area (Å²) >= 11 is 0. The molecule has 0 saturated carbocycles. The summed E-state index contributed by atoms with van der Waals surface area (Å²) in [6.45, 7) is 3.01. The molecule has 3 heterocycles. The van der Waals surface area contributed by atoms with Crippen LogP contribution in [0, 0.1) is 6.92 Å². The Morgan fingerprint density at radius 3 is 2.77 bits per heavy atom. The SMILES string of the molecule is Cc1ccc(Cn2cc(CNC(=O)c3cn4ccccc4n3)nn2)cc1. The number of carbonyl (C=O) groups is 1. The van der Waals surface area contributed by atoms with Crippen molar-refractivity contribution in [2.24, 2.45) is 0 Å². The summed E-state index contributed by atoms with van der Waals surface area (Å²) < 4.78 is 3.57. The van der Waals surface area contributed by atoms with Crippen molar-refractivity contribution >= 4 is 11.6 Å². The Labute approximate surface area is 150 Å². The predicted molar refractivity (Wildman–Crippen MR) is 96.7 cm³/mol. The van der Waals surface area contributed by atoms with Gasteiger partial charge in [0.25, 0.3) is 5.91 Å². The third-order valence-corrected chi connectivity index (χ3v) is 4.08. The number of hydrogen-bond acceptors (Lipinski definition) is 4. The number of hydrogen-bond donors (Lipinski definition) is 1. The quantitative estimate of drug-likeness (QED) is 0.601. The molecule has 1 aromatic carbocycles. The van der Waals surface area contributed by atoms with Gasteiger partial charge in [-0.2, -0.15) is 0 Å². The second kappa shape index (κ2) is 6.79. The number of rotatable bonds is 5. The normalized spacial score (nSPS) is 11.0. The van der Waals surface area contributed by atoms with Crippen LogP contribution in [0.2, 0.25) is 0 Å². The fourth-order valence-corrected chi connectivity index (χ4v) is 2.68. The lowest BCUT2D eigenvalue weighted by Gasteiger charge is -2.01. The van der Waals surface area contributed by atoms with E-state index in [2.05, 4.69) is 51.8 Å². The minimum Gasteiger partial charge on any atom is -0.345 e. The average molecular weight is 346 g/mol. The Balaban J connectivity index is 1.38. The highest BCUT2D eigenvalue weighted by atomic mass is 16.1. The van der Waals surface area contributed by atoms with E-state index < -0.39 is 0 Å². The Kier molecular flexibility index (Phi) is 4.18. The third kappa shape index (κ3) is 3.46. The lowest BCUT2D eigenvalue weighted by molar-refractivity contribution is 0.0946. The Hall–Kier alpha value is -3.48. The van der Waals surface area contributed by atoms with Gasteiger partial charge in [-0.25, -0.2) is 9.67 Å². The van der Waals surface area contributed by atoms with Crippen LogP contribution in [0.5, 0.6) is 0 Å². The Morgan fingerprint density at radius 2 is 1.96 bits per heavy atom.